The molecule has 0 saturated heterocycles. The number of nitrogens with zero attached hydrogens (tertiary/aromatic N) is 1. The van der Waals surface area contributed by atoms with Gasteiger partial charge in [-0.1, -0.05) is 29.8 Å². The zero-order chi connectivity index (χ0) is 21.0. The molecule has 2 aromatic carbocycles. The van der Waals surface area contributed by atoms with Gasteiger partial charge >= 0.3 is 12.0 Å². The highest BCUT2D eigenvalue weighted by Crippen LogP contribution is 2.31. The normalized spacial score (nSPS) is 16.5. The van der Waals surface area contributed by atoms with E-state index in [9.17, 15) is 14.0 Å². The van der Waals surface area contributed by atoms with Gasteiger partial charge in [0.05, 0.1) is 23.9 Å². The number of hydrogen-bond donors (Lipinski definition) is 1. The van der Waals surface area contributed by atoms with Crippen molar-refractivity contribution >= 4 is 23.6 Å². The van der Waals surface area contributed by atoms with Crippen molar-refractivity contribution in [2.24, 2.45) is 0 Å². The number of amides is 2. The second-order valence-electron chi connectivity index (χ2n) is 6.32. The van der Waals surface area contributed by atoms with Crippen LogP contribution in [-0.2, 0) is 9.53 Å². The number of ether oxygens (including phenoxy) is 2. The lowest BCUT2D eigenvalue weighted by Crippen LogP contribution is -2.48. The van der Waals surface area contributed by atoms with Crippen molar-refractivity contribution < 1.29 is 23.5 Å². The van der Waals surface area contributed by atoms with Gasteiger partial charge in [-0.2, -0.15) is 0 Å². The first kappa shape index (κ1) is 20.7. The van der Waals surface area contributed by atoms with Crippen molar-refractivity contribution in [3.8, 4) is 5.75 Å². The zero-order valence-corrected chi connectivity index (χ0v) is 16.7. The Hall–Kier alpha value is -3.06. The molecule has 8 heteroatoms. The summed E-state index contributed by atoms with van der Waals surface area (Å²) in [5, 5.41) is 3.26. The zero-order valence-electron chi connectivity index (χ0n) is 15.9. The van der Waals surface area contributed by atoms with Crippen LogP contribution in [0.2, 0.25) is 5.02 Å². The quantitative estimate of drug-likeness (QED) is 0.718. The Bertz CT molecular complexity index is 946. The lowest BCUT2D eigenvalue weighted by molar-refractivity contribution is -0.139. The molecule has 1 aliphatic heterocycles. The molecule has 2 amide bonds. The Morgan fingerprint density at radius 2 is 1.97 bits per heavy atom. The third kappa shape index (κ3) is 4.68. The van der Waals surface area contributed by atoms with E-state index in [1.807, 2.05) is 0 Å². The van der Waals surface area contributed by atoms with Gasteiger partial charge in [-0.25, -0.2) is 14.0 Å². The van der Waals surface area contributed by atoms with Gasteiger partial charge < -0.3 is 14.8 Å². The smallest absolute Gasteiger partial charge is 0.338 e. The number of hydrogen-bond acceptors (Lipinski definition) is 4. The molecule has 0 radical (unpaired) electrons. The molecular formula is C21H20ClFN2O4. The van der Waals surface area contributed by atoms with Crippen LogP contribution in [-0.4, -0.2) is 37.2 Å². The van der Waals surface area contributed by atoms with Crippen LogP contribution >= 0.6 is 11.6 Å². The number of esters is 1. The average Bonchev–Trinajstić information content (AvgIpc) is 2.69. The molecule has 1 heterocycles. The van der Waals surface area contributed by atoms with E-state index < -0.39 is 23.9 Å². The molecule has 0 aromatic heterocycles. The Morgan fingerprint density at radius 3 is 2.62 bits per heavy atom. The highest BCUT2D eigenvalue weighted by Gasteiger charge is 2.37. The predicted octanol–water partition coefficient (Wildman–Crippen LogP) is 4.07. The third-order valence-electron chi connectivity index (χ3n) is 4.45. The maximum Gasteiger partial charge on any atom is 0.338 e. The van der Waals surface area contributed by atoms with Crippen LogP contribution in [0.25, 0.3) is 0 Å². The first-order valence-corrected chi connectivity index (χ1v) is 9.36. The van der Waals surface area contributed by atoms with Gasteiger partial charge in [0.15, 0.2) is 0 Å². The summed E-state index contributed by atoms with van der Waals surface area (Å²) in [7, 11) is 1.53. The summed E-state index contributed by atoms with van der Waals surface area (Å²) in [5.41, 5.74) is 1.13. The lowest BCUT2D eigenvalue weighted by Gasteiger charge is -2.34. The molecule has 152 valence electrons. The van der Waals surface area contributed by atoms with Crippen LogP contribution in [0, 0.1) is 5.82 Å². The van der Waals surface area contributed by atoms with Crippen molar-refractivity contribution in [1.82, 2.24) is 10.2 Å². The lowest BCUT2D eigenvalue weighted by atomic mass is 9.94. The number of rotatable bonds is 6. The average molecular weight is 419 g/mol. The monoisotopic (exact) mass is 418 g/mol. The molecule has 6 nitrogen and oxygen atoms in total. The van der Waals surface area contributed by atoms with Crippen molar-refractivity contribution in [3.63, 3.8) is 0 Å². The number of halogens is 2. The van der Waals surface area contributed by atoms with Crippen molar-refractivity contribution in [2.75, 3.05) is 20.3 Å². The third-order valence-corrected chi connectivity index (χ3v) is 4.68. The van der Waals surface area contributed by atoms with Crippen LogP contribution in [0.5, 0.6) is 5.75 Å². The summed E-state index contributed by atoms with van der Waals surface area (Å²) >= 11 is 5.98. The van der Waals surface area contributed by atoms with E-state index in [1.54, 1.807) is 31.2 Å². The molecular weight excluding hydrogens is 399 g/mol. The van der Waals surface area contributed by atoms with E-state index in [4.69, 9.17) is 21.1 Å². The Kier molecular flexibility index (Phi) is 6.39. The maximum atomic E-state index is 13.4. The van der Waals surface area contributed by atoms with E-state index >= 15 is 0 Å². The highest BCUT2D eigenvalue weighted by molar-refractivity contribution is 6.30. The molecule has 3 rings (SSSR count). The summed E-state index contributed by atoms with van der Waals surface area (Å²) < 4.78 is 24.3. The van der Waals surface area contributed by atoms with Crippen LogP contribution in [0.3, 0.4) is 0 Å². The van der Waals surface area contributed by atoms with Crippen molar-refractivity contribution in [3.05, 3.63) is 76.2 Å². The highest BCUT2D eigenvalue weighted by atomic mass is 35.5. The van der Waals surface area contributed by atoms with E-state index in [1.165, 1.54) is 36.2 Å². The minimum Gasteiger partial charge on any atom is -0.487 e. The van der Waals surface area contributed by atoms with E-state index in [2.05, 4.69) is 5.32 Å². The summed E-state index contributed by atoms with van der Waals surface area (Å²) in [4.78, 5) is 26.6. The number of carbonyl (C=O) groups is 2. The summed E-state index contributed by atoms with van der Waals surface area (Å²) in [6, 6.07) is 11.1. The fraction of sp³-hybridized carbons (Fsp3) is 0.238. The van der Waals surface area contributed by atoms with E-state index in [0.717, 1.165) is 0 Å². The molecule has 2 aromatic rings. The topological polar surface area (TPSA) is 67.9 Å². The van der Waals surface area contributed by atoms with Gasteiger partial charge in [0.2, 0.25) is 0 Å². The van der Waals surface area contributed by atoms with Gasteiger partial charge in [0, 0.05) is 12.1 Å². The Balaban J connectivity index is 2.02. The van der Waals surface area contributed by atoms with E-state index in [-0.39, 0.29) is 18.8 Å². The number of likely N-dealkylation sites (N-methyl/N-ethyl adjacent to an activating group) is 1. The van der Waals surface area contributed by atoms with Crippen LogP contribution < -0.4 is 10.1 Å². The Labute approximate surface area is 172 Å². The summed E-state index contributed by atoms with van der Waals surface area (Å²) in [6.45, 7) is 1.80. The summed E-state index contributed by atoms with van der Waals surface area (Å²) in [6.07, 6.45) is 0. The molecule has 0 spiro atoms. The van der Waals surface area contributed by atoms with E-state index in [0.29, 0.717) is 22.0 Å². The predicted molar refractivity (Wildman–Crippen MR) is 106 cm³/mol. The molecule has 1 atom stereocenters. The van der Waals surface area contributed by atoms with Crippen LogP contribution in [0.1, 0.15) is 18.5 Å². The first-order valence-electron chi connectivity index (χ1n) is 8.99. The van der Waals surface area contributed by atoms with Gasteiger partial charge in [0.25, 0.3) is 0 Å². The van der Waals surface area contributed by atoms with Gasteiger partial charge in [-0.3, -0.25) is 4.90 Å². The maximum absolute atomic E-state index is 13.4. The number of urea groups is 1. The molecule has 0 aliphatic carbocycles. The number of benzene rings is 2. The van der Waals surface area contributed by atoms with Crippen LogP contribution in [0.4, 0.5) is 9.18 Å². The minimum absolute atomic E-state index is 0.0594. The Morgan fingerprint density at radius 1 is 1.24 bits per heavy atom. The molecule has 29 heavy (non-hydrogen) atoms. The molecule has 1 N–H and O–H groups in total. The second kappa shape index (κ2) is 8.96. The van der Waals surface area contributed by atoms with Crippen molar-refractivity contribution in [2.45, 2.75) is 13.0 Å². The number of nitrogens with one attached hydrogen (secondary N) is 1. The molecule has 0 bridgehead atoms. The molecule has 0 unspecified atom stereocenters. The summed E-state index contributed by atoms with van der Waals surface area (Å²) in [5.74, 6) is -0.511. The largest absolute Gasteiger partial charge is 0.487 e. The van der Waals surface area contributed by atoms with Crippen LogP contribution in [0.15, 0.2) is 59.8 Å². The first-order chi connectivity index (χ1) is 13.9. The second-order valence-corrected chi connectivity index (χ2v) is 6.76. The molecule has 0 saturated carbocycles. The molecule has 1 aliphatic rings. The van der Waals surface area contributed by atoms with Gasteiger partial charge in [-0.05, 0) is 42.8 Å². The minimum atomic E-state index is -0.795. The number of carbonyl (C=O) groups excluding carboxylic acids is 2. The van der Waals surface area contributed by atoms with Gasteiger partial charge in [-0.15, -0.1) is 0 Å². The fourth-order valence-electron chi connectivity index (χ4n) is 3.00. The van der Waals surface area contributed by atoms with Crippen molar-refractivity contribution in [1.29, 1.82) is 0 Å². The van der Waals surface area contributed by atoms with Gasteiger partial charge in [0.1, 0.15) is 18.2 Å². The molecule has 0 fully saturated rings. The fourth-order valence-corrected chi connectivity index (χ4v) is 3.18. The SMILES string of the molecule is CCOC(=O)C1=C(COc2cccc(Cl)c2)N(C)C(=O)N[C@H]1c1ccc(F)cc1. The standard InChI is InChI=1S/C21H20ClFN2O4/c1-3-28-20(26)18-17(12-29-16-6-4-5-14(22)11-16)25(2)21(27)24-19(18)13-7-9-15(23)10-8-13/h4-11,19H,3,12H2,1-2H3,(H,24,27)/t19-/m0/s1.